The van der Waals surface area contributed by atoms with Gasteiger partial charge in [0.15, 0.2) is 0 Å². The molecule has 1 aliphatic rings. The van der Waals surface area contributed by atoms with Gasteiger partial charge in [-0.05, 0) is 31.5 Å². The van der Waals surface area contributed by atoms with Crippen molar-refractivity contribution in [2.75, 3.05) is 6.54 Å². The number of benzene rings is 1. The lowest BCUT2D eigenvalue weighted by Gasteiger charge is -2.18. The van der Waals surface area contributed by atoms with Gasteiger partial charge < -0.3 is 10.1 Å². The molecule has 2 atom stereocenters. The third-order valence-electron chi connectivity index (χ3n) is 3.03. The number of rotatable bonds is 4. The second kappa shape index (κ2) is 5.47. The van der Waals surface area contributed by atoms with Crippen molar-refractivity contribution >= 4 is 23.2 Å². The summed E-state index contributed by atoms with van der Waals surface area (Å²) >= 11 is 12.2. The molecule has 4 heteroatoms. The monoisotopic (exact) mass is 273 g/mol. The maximum absolute atomic E-state index is 6.16. The zero-order chi connectivity index (χ0) is 12.4. The Morgan fingerprint density at radius 3 is 2.71 bits per heavy atom. The van der Waals surface area contributed by atoms with E-state index in [4.69, 9.17) is 27.9 Å². The van der Waals surface area contributed by atoms with Crippen LogP contribution in [0.2, 0.25) is 10.0 Å². The number of ether oxygens (including phenoxy) is 1. The van der Waals surface area contributed by atoms with Crippen molar-refractivity contribution < 1.29 is 4.74 Å². The molecule has 0 radical (unpaired) electrons. The minimum atomic E-state index is 0.146. The maximum atomic E-state index is 6.16. The Labute approximate surface area is 112 Å². The first-order valence-corrected chi connectivity index (χ1v) is 6.82. The molecule has 1 aromatic carbocycles. The largest absolute Gasteiger partial charge is 0.487 e. The van der Waals surface area contributed by atoms with Gasteiger partial charge in [0.2, 0.25) is 0 Å². The maximum Gasteiger partial charge on any atom is 0.143 e. The van der Waals surface area contributed by atoms with Crippen LogP contribution in [0.3, 0.4) is 0 Å². The Bertz CT molecular complexity index is 409. The van der Waals surface area contributed by atoms with Crippen molar-refractivity contribution in [1.82, 2.24) is 5.32 Å². The molecule has 2 rings (SSSR count). The number of hydrogen-bond acceptors (Lipinski definition) is 2. The highest BCUT2D eigenvalue weighted by Crippen LogP contribution is 2.44. The van der Waals surface area contributed by atoms with Gasteiger partial charge >= 0.3 is 0 Å². The molecule has 0 spiro atoms. The normalized spacial score (nSPS) is 22.4. The van der Waals surface area contributed by atoms with E-state index >= 15 is 0 Å². The van der Waals surface area contributed by atoms with Gasteiger partial charge in [0.25, 0.3) is 0 Å². The summed E-state index contributed by atoms with van der Waals surface area (Å²) < 4.78 is 5.90. The topological polar surface area (TPSA) is 21.3 Å². The van der Waals surface area contributed by atoms with Crippen LogP contribution in [0.15, 0.2) is 12.1 Å². The van der Waals surface area contributed by atoms with Gasteiger partial charge in [0.1, 0.15) is 11.9 Å². The Morgan fingerprint density at radius 2 is 2.06 bits per heavy atom. The zero-order valence-electron chi connectivity index (χ0n) is 10.1. The quantitative estimate of drug-likeness (QED) is 0.888. The highest BCUT2D eigenvalue weighted by molar-refractivity contribution is 6.35. The summed E-state index contributed by atoms with van der Waals surface area (Å²) in [6, 6.07) is 3.88. The van der Waals surface area contributed by atoms with E-state index in [0.717, 1.165) is 30.7 Å². The lowest BCUT2D eigenvalue weighted by atomic mass is 10.0. The van der Waals surface area contributed by atoms with Crippen LogP contribution in [0, 0.1) is 0 Å². The van der Waals surface area contributed by atoms with Crippen LogP contribution in [0.5, 0.6) is 5.75 Å². The Kier molecular flexibility index (Phi) is 4.18. The smallest absolute Gasteiger partial charge is 0.143 e. The molecule has 1 aromatic rings. The van der Waals surface area contributed by atoms with E-state index in [1.807, 2.05) is 6.07 Å². The van der Waals surface area contributed by atoms with Gasteiger partial charge in [0.05, 0.1) is 11.1 Å². The summed E-state index contributed by atoms with van der Waals surface area (Å²) in [5.41, 5.74) is 1.09. The van der Waals surface area contributed by atoms with Crippen molar-refractivity contribution in [3.8, 4) is 5.75 Å². The predicted molar refractivity (Wildman–Crippen MR) is 72.2 cm³/mol. The molecule has 1 N–H and O–H groups in total. The van der Waals surface area contributed by atoms with Crippen LogP contribution >= 0.6 is 23.2 Å². The van der Waals surface area contributed by atoms with Crippen molar-refractivity contribution in [2.24, 2.45) is 0 Å². The minimum Gasteiger partial charge on any atom is -0.487 e. The van der Waals surface area contributed by atoms with Crippen molar-refractivity contribution in [2.45, 2.75) is 38.8 Å². The molecular weight excluding hydrogens is 257 g/mol. The zero-order valence-corrected chi connectivity index (χ0v) is 11.6. The van der Waals surface area contributed by atoms with Gasteiger partial charge in [-0.15, -0.1) is 0 Å². The number of nitrogens with one attached hydrogen (secondary N) is 1. The molecule has 0 saturated heterocycles. The van der Waals surface area contributed by atoms with Gasteiger partial charge in [-0.3, -0.25) is 0 Å². The van der Waals surface area contributed by atoms with E-state index in [-0.39, 0.29) is 12.1 Å². The standard InChI is InChI=1S/C13H17Cl2NO/c1-3-5-16-12-9-6-8(14)7-10(15)13(9)17-11(12)4-2/h6-7,11-12,16H,3-5H2,1-2H3. The van der Waals surface area contributed by atoms with E-state index in [0.29, 0.717) is 10.0 Å². The summed E-state index contributed by atoms with van der Waals surface area (Å²) in [6.45, 7) is 5.23. The van der Waals surface area contributed by atoms with Crippen LogP contribution in [0.4, 0.5) is 0 Å². The molecule has 2 unspecified atom stereocenters. The Morgan fingerprint density at radius 1 is 1.29 bits per heavy atom. The highest BCUT2D eigenvalue weighted by Gasteiger charge is 2.34. The molecule has 0 saturated carbocycles. The van der Waals surface area contributed by atoms with Gasteiger partial charge in [0, 0.05) is 10.6 Å². The lowest BCUT2D eigenvalue weighted by molar-refractivity contribution is 0.185. The molecule has 17 heavy (non-hydrogen) atoms. The summed E-state index contributed by atoms with van der Waals surface area (Å²) in [4.78, 5) is 0. The molecule has 1 heterocycles. The average Bonchev–Trinajstić information content (AvgIpc) is 2.64. The highest BCUT2D eigenvalue weighted by atomic mass is 35.5. The van der Waals surface area contributed by atoms with E-state index in [9.17, 15) is 0 Å². The first-order valence-electron chi connectivity index (χ1n) is 6.06. The fraction of sp³-hybridized carbons (Fsp3) is 0.538. The molecule has 0 amide bonds. The van der Waals surface area contributed by atoms with Crippen molar-refractivity contribution in [1.29, 1.82) is 0 Å². The molecule has 0 aromatic heterocycles. The van der Waals surface area contributed by atoms with Crippen LogP contribution in [-0.4, -0.2) is 12.6 Å². The number of hydrogen-bond donors (Lipinski definition) is 1. The lowest BCUT2D eigenvalue weighted by Crippen LogP contribution is -2.31. The number of fused-ring (bicyclic) bond motifs is 1. The molecule has 0 aliphatic carbocycles. The SMILES string of the molecule is CCCNC1c2cc(Cl)cc(Cl)c2OC1CC. The first kappa shape index (κ1) is 13.0. The van der Waals surface area contributed by atoms with Gasteiger partial charge in [-0.1, -0.05) is 37.0 Å². The fourth-order valence-electron chi connectivity index (χ4n) is 2.22. The van der Waals surface area contributed by atoms with E-state index in [1.165, 1.54) is 0 Å². The van der Waals surface area contributed by atoms with Gasteiger partial charge in [-0.2, -0.15) is 0 Å². The van der Waals surface area contributed by atoms with Crippen LogP contribution in [0.1, 0.15) is 38.3 Å². The fourth-order valence-corrected chi connectivity index (χ4v) is 2.77. The van der Waals surface area contributed by atoms with Crippen molar-refractivity contribution in [3.63, 3.8) is 0 Å². The summed E-state index contributed by atoms with van der Waals surface area (Å²) in [5.74, 6) is 0.788. The number of halogens is 2. The van der Waals surface area contributed by atoms with E-state index < -0.39 is 0 Å². The Balaban J connectivity index is 2.33. The van der Waals surface area contributed by atoms with Gasteiger partial charge in [-0.25, -0.2) is 0 Å². The second-order valence-electron chi connectivity index (χ2n) is 4.30. The molecule has 1 aliphatic heterocycles. The van der Waals surface area contributed by atoms with E-state index in [2.05, 4.69) is 19.2 Å². The Hall–Kier alpha value is -0.440. The van der Waals surface area contributed by atoms with Crippen molar-refractivity contribution in [3.05, 3.63) is 27.7 Å². The average molecular weight is 274 g/mol. The molecule has 94 valence electrons. The predicted octanol–water partition coefficient (Wildman–Crippen LogP) is 4.21. The molecule has 0 fully saturated rings. The molecule has 0 bridgehead atoms. The molecular formula is C13H17Cl2NO. The van der Waals surface area contributed by atoms with E-state index in [1.54, 1.807) is 6.07 Å². The third kappa shape index (κ3) is 2.54. The first-order chi connectivity index (χ1) is 8.17. The summed E-state index contributed by atoms with van der Waals surface area (Å²) in [7, 11) is 0. The summed E-state index contributed by atoms with van der Waals surface area (Å²) in [5, 5.41) is 4.77. The van der Waals surface area contributed by atoms with Crippen LogP contribution in [-0.2, 0) is 0 Å². The van der Waals surface area contributed by atoms with Crippen LogP contribution < -0.4 is 10.1 Å². The minimum absolute atomic E-state index is 0.146. The molecule has 2 nitrogen and oxygen atoms in total. The summed E-state index contributed by atoms with van der Waals surface area (Å²) in [6.07, 6.45) is 2.19. The second-order valence-corrected chi connectivity index (χ2v) is 5.15. The van der Waals surface area contributed by atoms with Crippen LogP contribution in [0.25, 0.3) is 0 Å². The third-order valence-corrected chi connectivity index (χ3v) is 3.53.